The van der Waals surface area contributed by atoms with Crippen molar-refractivity contribution < 1.29 is 31.2 Å². The number of halogens is 5. The van der Waals surface area contributed by atoms with Crippen molar-refractivity contribution in [1.82, 2.24) is 10.2 Å². The maximum Gasteiger partial charge on any atom is 0.417 e. The topological polar surface area (TPSA) is 86.8 Å². The number of sulfonamides is 1. The molecule has 0 saturated carbocycles. The van der Waals surface area contributed by atoms with Gasteiger partial charge in [0.2, 0.25) is 21.8 Å². The van der Waals surface area contributed by atoms with Gasteiger partial charge in [-0.05, 0) is 43.2 Å². The van der Waals surface area contributed by atoms with Crippen LogP contribution in [-0.2, 0) is 32.3 Å². The fourth-order valence-electron chi connectivity index (χ4n) is 3.29. The summed E-state index contributed by atoms with van der Waals surface area (Å²) in [6.07, 6.45) is -3.43. The van der Waals surface area contributed by atoms with Gasteiger partial charge in [0.05, 0.1) is 22.5 Å². The van der Waals surface area contributed by atoms with E-state index in [2.05, 4.69) is 5.32 Å². The number of benzene rings is 2. The van der Waals surface area contributed by atoms with E-state index in [1.807, 2.05) is 6.92 Å². The molecule has 0 heterocycles. The maximum atomic E-state index is 13.4. The van der Waals surface area contributed by atoms with Crippen molar-refractivity contribution in [2.75, 3.05) is 23.7 Å². The number of nitrogens with zero attached hydrogens (tertiary/aromatic N) is 2. The van der Waals surface area contributed by atoms with Gasteiger partial charge < -0.3 is 10.2 Å². The third kappa shape index (κ3) is 7.75. The fourth-order valence-corrected chi connectivity index (χ4v) is 4.55. The van der Waals surface area contributed by atoms with E-state index in [1.165, 1.54) is 6.92 Å². The van der Waals surface area contributed by atoms with Crippen LogP contribution in [0.2, 0.25) is 10.0 Å². The molecule has 0 aliphatic rings. The Morgan fingerprint density at radius 1 is 1.08 bits per heavy atom. The molecule has 1 atom stereocenters. The van der Waals surface area contributed by atoms with Crippen molar-refractivity contribution in [1.29, 1.82) is 0 Å². The third-order valence-corrected chi connectivity index (χ3v) is 7.08. The minimum atomic E-state index is -4.84. The zero-order chi connectivity index (χ0) is 27.3. The zero-order valence-electron chi connectivity index (χ0n) is 19.8. The normalized spacial score (nSPS) is 12.7. The van der Waals surface area contributed by atoms with E-state index in [0.717, 1.165) is 23.3 Å². The fraction of sp³-hybridized carbons (Fsp3) is 0.391. The van der Waals surface area contributed by atoms with Crippen LogP contribution in [-0.4, -0.2) is 50.5 Å². The second-order valence-electron chi connectivity index (χ2n) is 8.01. The predicted octanol–water partition coefficient (Wildman–Crippen LogP) is 4.72. The molecule has 0 fully saturated rings. The lowest BCUT2D eigenvalue weighted by Gasteiger charge is -2.31. The number of carbonyl (C=O) groups is 2. The molecule has 0 radical (unpaired) electrons. The summed E-state index contributed by atoms with van der Waals surface area (Å²) in [6.45, 7) is 2.69. The molecule has 13 heteroatoms. The molecule has 1 N–H and O–H groups in total. The highest BCUT2D eigenvalue weighted by Gasteiger charge is 2.35. The van der Waals surface area contributed by atoms with Crippen molar-refractivity contribution in [3.8, 4) is 0 Å². The molecule has 0 unspecified atom stereocenters. The molecule has 2 aromatic rings. The summed E-state index contributed by atoms with van der Waals surface area (Å²) in [5.74, 6) is -1.29. The van der Waals surface area contributed by atoms with Gasteiger partial charge in [-0.15, -0.1) is 0 Å². The van der Waals surface area contributed by atoms with Crippen LogP contribution in [0.3, 0.4) is 0 Å². The first-order valence-corrected chi connectivity index (χ1v) is 13.4. The Morgan fingerprint density at radius 2 is 1.72 bits per heavy atom. The van der Waals surface area contributed by atoms with Crippen LogP contribution in [0.5, 0.6) is 0 Å². The summed E-state index contributed by atoms with van der Waals surface area (Å²) in [7, 11) is -4.21. The Hall–Kier alpha value is -2.50. The van der Waals surface area contributed by atoms with Gasteiger partial charge >= 0.3 is 6.18 Å². The van der Waals surface area contributed by atoms with Crippen molar-refractivity contribution >= 4 is 50.7 Å². The van der Waals surface area contributed by atoms with Crippen molar-refractivity contribution in [2.45, 2.75) is 39.0 Å². The van der Waals surface area contributed by atoms with E-state index in [4.69, 9.17) is 23.2 Å². The number of hydrogen-bond donors (Lipinski definition) is 1. The predicted molar refractivity (Wildman–Crippen MR) is 133 cm³/mol. The molecule has 198 valence electrons. The van der Waals surface area contributed by atoms with Crippen molar-refractivity contribution in [2.24, 2.45) is 0 Å². The first kappa shape index (κ1) is 29.7. The minimum absolute atomic E-state index is 0.134. The number of nitrogens with one attached hydrogen (secondary N) is 1. The van der Waals surface area contributed by atoms with E-state index in [1.54, 1.807) is 24.3 Å². The Kier molecular flexibility index (Phi) is 10.0. The zero-order valence-corrected chi connectivity index (χ0v) is 22.1. The molecule has 0 aliphatic carbocycles. The van der Waals surface area contributed by atoms with E-state index in [-0.39, 0.29) is 6.54 Å². The molecule has 2 aromatic carbocycles. The number of rotatable bonds is 10. The van der Waals surface area contributed by atoms with Crippen LogP contribution in [0.15, 0.2) is 42.5 Å². The van der Waals surface area contributed by atoms with Gasteiger partial charge in [-0.2, -0.15) is 13.2 Å². The van der Waals surface area contributed by atoms with Gasteiger partial charge in [0.25, 0.3) is 0 Å². The number of hydrogen-bond acceptors (Lipinski definition) is 4. The van der Waals surface area contributed by atoms with Gasteiger partial charge in [0, 0.05) is 18.1 Å². The second-order valence-corrected chi connectivity index (χ2v) is 10.7. The average molecular weight is 568 g/mol. The molecular formula is C23H26Cl2F3N3O4S. The van der Waals surface area contributed by atoms with Crippen LogP contribution in [0, 0.1) is 0 Å². The molecule has 0 bridgehead atoms. The monoisotopic (exact) mass is 567 g/mol. The van der Waals surface area contributed by atoms with Gasteiger partial charge in [-0.25, -0.2) is 8.42 Å². The average Bonchev–Trinajstić information content (AvgIpc) is 2.78. The lowest BCUT2D eigenvalue weighted by molar-refractivity contribution is -0.139. The SMILES string of the molecule is CCCNC(=O)[C@@H](C)N(Cc1ccccc1Cl)C(=O)CN(c1ccc(Cl)c(C(F)(F)F)c1)S(C)(=O)=O. The lowest BCUT2D eigenvalue weighted by atomic mass is 10.1. The first-order chi connectivity index (χ1) is 16.7. The molecule has 0 spiro atoms. The maximum absolute atomic E-state index is 13.4. The summed E-state index contributed by atoms with van der Waals surface area (Å²) < 4.78 is 65.7. The number of amides is 2. The number of carbonyl (C=O) groups excluding carboxylic acids is 2. The van der Waals surface area contributed by atoms with E-state index in [9.17, 15) is 31.2 Å². The molecule has 2 rings (SSSR count). The van der Waals surface area contributed by atoms with Gasteiger partial charge in [-0.3, -0.25) is 13.9 Å². The Morgan fingerprint density at radius 3 is 2.28 bits per heavy atom. The Labute approximate surface area is 218 Å². The molecular weight excluding hydrogens is 542 g/mol. The summed E-state index contributed by atoms with van der Waals surface area (Å²) in [5, 5.41) is 2.38. The Bertz CT molecular complexity index is 1210. The standard InChI is InChI=1S/C23H26Cl2F3N3O4S/c1-4-11-29-22(33)15(2)30(13-16-7-5-6-8-19(16)24)21(32)14-31(36(3,34)35)17-9-10-20(25)18(12-17)23(26,27)28/h5-10,12,15H,4,11,13-14H2,1-3H3,(H,29,33)/t15-/m1/s1. The summed E-state index contributed by atoms with van der Waals surface area (Å²) >= 11 is 11.9. The molecule has 0 saturated heterocycles. The quantitative estimate of drug-likeness (QED) is 0.450. The largest absolute Gasteiger partial charge is 0.417 e. The van der Waals surface area contributed by atoms with E-state index in [0.29, 0.717) is 33.9 Å². The van der Waals surface area contributed by atoms with Gasteiger partial charge in [-0.1, -0.05) is 48.3 Å². The number of alkyl halides is 3. The first-order valence-electron chi connectivity index (χ1n) is 10.8. The second kappa shape index (κ2) is 12.2. The Balaban J connectivity index is 2.48. The van der Waals surface area contributed by atoms with Gasteiger partial charge in [0.1, 0.15) is 12.6 Å². The molecule has 36 heavy (non-hydrogen) atoms. The lowest BCUT2D eigenvalue weighted by Crippen LogP contribution is -2.51. The van der Waals surface area contributed by atoms with Gasteiger partial charge in [0.15, 0.2) is 0 Å². The highest BCUT2D eigenvalue weighted by atomic mass is 35.5. The highest BCUT2D eigenvalue weighted by Crippen LogP contribution is 2.37. The van der Waals surface area contributed by atoms with E-state index >= 15 is 0 Å². The highest BCUT2D eigenvalue weighted by molar-refractivity contribution is 7.92. The van der Waals surface area contributed by atoms with Crippen LogP contribution >= 0.6 is 23.2 Å². The summed E-state index contributed by atoms with van der Waals surface area (Å²) in [6, 6.07) is 8.11. The van der Waals surface area contributed by atoms with Crippen LogP contribution < -0.4 is 9.62 Å². The molecule has 0 aromatic heterocycles. The van der Waals surface area contributed by atoms with Crippen molar-refractivity contribution in [3.05, 3.63) is 63.6 Å². The van der Waals surface area contributed by atoms with Crippen LogP contribution in [0.1, 0.15) is 31.4 Å². The smallest absolute Gasteiger partial charge is 0.354 e. The minimum Gasteiger partial charge on any atom is -0.354 e. The molecule has 7 nitrogen and oxygen atoms in total. The van der Waals surface area contributed by atoms with Crippen LogP contribution in [0.25, 0.3) is 0 Å². The summed E-state index contributed by atoms with van der Waals surface area (Å²) in [5.41, 5.74) is -1.15. The third-order valence-electron chi connectivity index (χ3n) is 5.24. The molecule has 2 amide bonds. The van der Waals surface area contributed by atoms with Crippen molar-refractivity contribution in [3.63, 3.8) is 0 Å². The number of anilines is 1. The summed E-state index contributed by atoms with van der Waals surface area (Å²) in [4.78, 5) is 27.2. The van der Waals surface area contributed by atoms with Crippen LogP contribution in [0.4, 0.5) is 18.9 Å². The molecule has 0 aliphatic heterocycles. The van der Waals surface area contributed by atoms with E-state index < -0.39 is 56.9 Å².